The zero-order valence-electron chi connectivity index (χ0n) is 18.5. The number of aliphatic hydroxyl groups excluding tert-OH is 3. The van der Waals surface area contributed by atoms with Crippen molar-refractivity contribution < 1.29 is 15.3 Å². The number of anilines is 2. The summed E-state index contributed by atoms with van der Waals surface area (Å²) >= 11 is 1.58. The van der Waals surface area contributed by atoms with Crippen LogP contribution in [-0.4, -0.2) is 66.7 Å². The summed E-state index contributed by atoms with van der Waals surface area (Å²) in [4.78, 5) is 18.8. The Hall–Kier alpha value is -2.11. The van der Waals surface area contributed by atoms with Gasteiger partial charge in [-0.25, -0.2) is 9.97 Å². The molecule has 9 nitrogen and oxygen atoms in total. The molecule has 0 aliphatic heterocycles. The van der Waals surface area contributed by atoms with Gasteiger partial charge < -0.3 is 26.0 Å². The van der Waals surface area contributed by atoms with E-state index in [9.17, 15) is 15.3 Å². The molecule has 3 aromatic rings. The number of hydrogen-bond acceptors (Lipinski definition) is 10. The molecule has 5 N–H and O–H groups in total. The summed E-state index contributed by atoms with van der Waals surface area (Å²) in [6.07, 6.45) is 2.61. The summed E-state index contributed by atoms with van der Waals surface area (Å²) in [5.74, 6) is 1.16. The first kappa shape index (κ1) is 24.0. The van der Waals surface area contributed by atoms with Gasteiger partial charge in [-0.3, -0.25) is 4.98 Å². The highest BCUT2D eigenvalue weighted by molar-refractivity contribution is 7.21. The van der Waals surface area contributed by atoms with E-state index in [2.05, 4.69) is 25.6 Å². The molecule has 2 aliphatic rings. The van der Waals surface area contributed by atoms with Crippen molar-refractivity contribution in [1.82, 2.24) is 19.9 Å². The maximum absolute atomic E-state index is 10.5. The Bertz CT molecular complexity index is 1140. The summed E-state index contributed by atoms with van der Waals surface area (Å²) < 4.78 is 1.08. The van der Waals surface area contributed by atoms with Crippen LogP contribution in [0.25, 0.3) is 20.8 Å². The van der Waals surface area contributed by atoms with E-state index >= 15 is 0 Å². The fourth-order valence-electron chi connectivity index (χ4n) is 4.43. The van der Waals surface area contributed by atoms with E-state index < -0.39 is 18.2 Å². The standard InChI is InChI=1S/C22H28N6O3S.ClH/c1-3-23-22-25-10(2)15(20(28-22)26-13-8-12(9-29)18(30)19(13)31)21-27-17-14(32-21)6-7-24-16(17)11-4-5-11;/h6-7,11-13,18-19,29-31H,3-5,8-9H2,1-2H3,(H2,23,25,26,28);1H/t12-,13-,18-,19+;/m1./s1. The Morgan fingerprint density at radius 2 is 1.94 bits per heavy atom. The Kier molecular flexibility index (Phi) is 7.01. The lowest BCUT2D eigenvalue weighted by Crippen LogP contribution is -2.35. The number of hydrogen-bond donors (Lipinski definition) is 5. The molecule has 2 fully saturated rings. The van der Waals surface area contributed by atoms with Gasteiger partial charge in [-0.2, -0.15) is 4.98 Å². The fourth-order valence-corrected chi connectivity index (χ4v) is 5.50. The zero-order valence-corrected chi connectivity index (χ0v) is 20.2. The molecule has 0 radical (unpaired) electrons. The van der Waals surface area contributed by atoms with Crippen LogP contribution in [0, 0.1) is 12.8 Å². The third kappa shape index (κ3) is 4.50. The van der Waals surface area contributed by atoms with E-state index in [-0.39, 0.29) is 24.9 Å². The fraction of sp³-hybridized carbons (Fsp3) is 0.545. The van der Waals surface area contributed by atoms with Crippen LogP contribution >= 0.6 is 23.7 Å². The minimum atomic E-state index is -1.00. The first-order valence-electron chi connectivity index (χ1n) is 11.1. The normalized spacial score (nSPS) is 24.6. The van der Waals surface area contributed by atoms with Crippen molar-refractivity contribution >= 4 is 45.7 Å². The second-order valence-corrected chi connectivity index (χ2v) is 9.66. The summed E-state index contributed by atoms with van der Waals surface area (Å²) in [5, 5.41) is 37.6. The van der Waals surface area contributed by atoms with Gasteiger partial charge in [0.25, 0.3) is 0 Å². The smallest absolute Gasteiger partial charge is 0.224 e. The molecule has 2 saturated carbocycles. The number of halogens is 1. The maximum atomic E-state index is 10.5. The number of rotatable bonds is 7. The molecule has 33 heavy (non-hydrogen) atoms. The van der Waals surface area contributed by atoms with Gasteiger partial charge in [0.15, 0.2) is 0 Å². The molecule has 0 saturated heterocycles. The van der Waals surface area contributed by atoms with E-state index in [1.165, 1.54) is 0 Å². The zero-order chi connectivity index (χ0) is 22.4. The van der Waals surface area contributed by atoms with Gasteiger partial charge in [0.05, 0.1) is 33.8 Å². The van der Waals surface area contributed by atoms with Crippen LogP contribution in [0.5, 0.6) is 0 Å². The van der Waals surface area contributed by atoms with Crippen molar-refractivity contribution in [2.75, 3.05) is 23.8 Å². The number of pyridine rings is 1. The molecule has 178 valence electrons. The van der Waals surface area contributed by atoms with E-state index in [0.29, 0.717) is 30.6 Å². The number of thiazole rings is 1. The molecule has 0 bridgehead atoms. The first-order valence-corrected chi connectivity index (χ1v) is 11.9. The van der Waals surface area contributed by atoms with Crippen molar-refractivity contribution in [1.29, 1.82) is 0 Å². The third-order valence-electron chi connectivity index (χ3n) is 6.30. The maximum Gasteiger partial charge on any atom is 0.224 e. The summed E-state index contributed by atoms with van der Waals surface area (Å²) in [6.45, 7) is 4.39. The van der Waals surface area contributed by atoms with Gasteiger partial charge in [0.1, 0.15) is 22.4 Å². The predicted molar refractivity (Wildman–Crippen MR) is 131 cm³/mol. The average molecular weight is 493 g/mol. The van der Waals surface area contributed by atoms with Crippen molar-refractivity contribution in [2.24, 2.45) is 5.92 Å². The molecule has 0 spiro atoms. The average Bonchev–Trinajstić information content (AvgIpc) is 3.47. The van der Waals surface area contributed by atoms with Gasteiger partial charge in [0, 0.05) is 31.2 Å². The summed E-state index contributed by atoms with van der Waals surface area (Å²) in [6, 6.07) is 1.55. The Morgan fingerprint density at radius 1 is 1.15 bits per heavy atom. The van der Waals surface area contributed by atoms with Crippen molar-refractivity contribution in [2.45, 2.75) is 57.3 Å². The van der Waals surface area contributed by atoms with E-state index in [1.807, 2.05) is 26.1 Å². The minimum Gasteiger partial charge on any atom is -0.396 e. The monoisotopic (exact) mass is 492 g/mol. The molecule has 5 rings (SSSR count). The Morgan fingerprint density at radius 3 is 2.61 bits per heavy atom. The summed E-state index contributed by atoms with van der Waals surface area (Å²) in [5.41, 5.74) is 3.55. The Balaban J connectivity index is 0.00000259. The third-order valence-corrected chi connectivity index (χ3v) is 7.33. The number of nitrogens with zero attached hydrogens (tertiary/aromatic N) is 4. The minimum absolute atomic E-state index is 0. The first-order chi connectivity index (χ1) is 15.5. The quantitative estimate of drug-likeness (QED) is 0.337. The van der Waals surface area contributed by atoms with Gasteiger partial charge in [0.2, 0.25) is 5.95 Å². The molecule has 11 heteroatoms. The van der Waals surface area contributed by atoms with E-state index in [0.717, 1.165) is 45.0 Å². The van der Waals surface area contributed by atoms with Gasteiger partial charge in [-0.05, 0) is 39.2 Å². The van der Waals surface area contributed by atoms with Crippen LogP contribution in [0.2, 0.25) is 0 Å². The molecule has 0 aromatic carbocycles. The van der Waals surface area contributed by atoms with Gasteiger partial charge in [-0.15, -0.1) is 23.7 Å². The van der Waals surface area contributed by atoms with Crippen LogP contribution < -0.4 is 10.6 Å². The Labute approximate surface area is 202 Å². The molecule has 0 amide bonds. The second-order valence-electron chi connectivity index (χ2n) is 8.63. The molecular weight excluding hydrogens is 464 g/mol. The topological polar surface area (TPSA) is 136 Å². The highest BCUT2D eigenvalue weighted by atomic mass is 35.5. The van der Waals surface area contributed by atoms with Crippen molar-refractivity contribution in [3.05, 3.63) is 23.7 Å². The number of aromatic nitrogens is 4. The lowest BCUT2D eigenvalue weighted by molar-refractivity contribution is 0.00446. The summed E-state index contributed by atoms with van der Waals surface area (Å²) in [7, 11) is 0. The molecule has 0 unspecified atom stereocenters. The molecule has 3 aromatic heterocycles. The SMILES string of the molecule is CCNc1nc(C)c(-c2nc3c(C4CC4)nccc3s2)c(N[C@@H]2C[C@H](CO)[C@@H](O)[C@H]2O)n1.Cl. The molecule has 3 heterocycles. The highest BCUT2D eigenvalue weighted by Gasteiger charge is 2.41. The van der Waals surface area contributed by atoms with Crippen LogP contribution in [0.1, 0.15) is 43.5 Å². The van der Waals surface area contributed by atoms with Crippen molar-refractivity contribution in [3.63, 3.8) is 0 Å². The molecule has 2 aliphatic carbocycles. The number of aliphatic hydroxyl groups is 3. The van der Waals surface area contributed by atoms with Gasteiger partial charge in [-0.1, -0.05) is 0 Å². The highest BCUT2D eigenvalue weighted by Crippen LogP contribution is 2.44. The van der Waals surface area contributed by atoms with Crippen LogP contribution in [-0.2, 0) is 0 Å². The van der Waals surface area contributed by atoms with Crippen molar-refractivity contribution in [3.8, 4) is 10.6 Å². The lowest BCUT2D eigenvalue weighted by atomic mass is 10.1. The number of nitrogens with one attached hydrogen (secondary N) is 2. The number of fused-ring (bicyclic) bond motifs is 1. The van der Waals surface area contributed by atoms with Crippen LogP contribution in [0.15, 0.2) is 12.3 Å². The van der Waals surface area contributed by atoms with Crippen LogP contribution in [0.3, 0.4) is 0 Å². The number of aryl methyl sites for hydroxylation is 1. The lowest BCUT2D eigenvalue weighted by Gasteiger charge is -2.21. The van der Waals surface area contributed by atoms with Gasteiger partial charge >= 0.3 is 0 Å². The van der Waals surface area contributed by atoms with Crippen LogP contribution in [0.4, 0.5) is 11.8 Å². The molecular formula is C22H29ClN6O3S. The predicted octanol–water partition coefficient (Wildman–Crippen LogP) is 2.70. The second kappa shape index (κ2) is 9.63. The largest absolute Gasteiger partial charge is 0.396 e. The van der Waals surface area contributed by atoms with E-state index in [1.54, 1.807) is 11.3 Å². The molecule has 4 atom stereocenters. The van der Waals surface area contributed by atoms with E-state index in [4.69, 9.17) is 4.98 Å².